The summed E-state index contributed by atoms with van der Waals surface area (Å²) in [6, 6.07) is 12.8. The molecule has 1 saturated carbocycles. The van der Waals surface area contributed by atoms with Crippen molar-refractivity contribution in [1.82, 2.24) is 15.8 Å². The van der Waals surface area contributed by atoms with Gasteiger partial charge in [-0.15, -0.1) is 11.8 Å². The number of piperidine rings is 1. The lowest BCUT2D eigenvalue weighted by atomic mass is 9.81. The lowest BCUT2D eigenvalue weighted by Gasteiger charge is -2.32. The van der Waals surface area contributed by atoms with E-state index in [1.807, 2.05) is 6.07 Å². The second-order valence-electron chi connectivity index (χ2n) is 8.71. The van der Waals surface area contributed by atoms with E-state index in [4.69, 9.17) is 4.52 Å². The summed E-state index contributed by atoms with van der Waals surface area (Å²) in [7, 11) is 0. The van der Waals surface area contributed by atoms with E-state index in [9.17, 15) is 4.79 Å². The van der Waals surface area contributed by atoms with E-state index in [0.717, 1.165) is 56.0 Å². The monoisotopic (exact) mass is 427 g/mol. The van der Waals surface area contributed by atoms with Crippen LogP contribution in [-0.2, 0) is 17.0 Å². The highest BCUT2D eigenvalue weighted by Crippen LogP contribution is 2.28. The number of benzene rings is 1. The van der Waals surface area contributed by atoms with E-state index < -0.39 is 0 Å². The van der Waals surface area contributed by atoms with Gasteiger partial charge in [-0.1, -0.05) is 42.6 Å². The van der Waals surface area contributed by atoms with Crippen molar-refractivity contribution in [3.63, 3.8) is 0 Å². The van der Waals surface area contributed by atoms with Crippen molar-refractivity contribution in [3.05, 3.63) is 47.9 Å². The van der Waals surface area contributed by atoms with E-state index in [-0.39, 0.29) is 5.91 Å². The largest absolute Gasteiger partial charge is 0.360 e. The van der Waals surface area contributed by atoms with Gasteiger partial charge in [0.1, 0.15) is 5.76 Å². The molecule has 1 aliphatic carbocycles. The van der Waals surface area contributed by atoms with E-state index in [0.29, 0.717) is 24.3 Å². The summed E-state index contributed by atoms with van der Waals surface area (Å²) >= 11 is 1.76. The highest BCUT2D eigenvalue weighted by molar-refractivity contribution is 7.98. The fraction of sp³-hybridized carbons (Fsp3) is 0.583. The van der Waals surface area contributed by atoms with Crippen LogP contribution in [0.3, 0.4) is 0 Å². The molecule has 1 aliphatic heterocycles. The number of aromatic nitrogens is 1. The summed E-state index contributed by atoms with van der Waals surface area (Å²) in [6.07, 6.45) is 8.65. The SMILES string of the molecule is O=C(C[C@@H]1CCNC[C@@H]1Cc1cc(CSc2ccccc2)on1)NC1CCCCC1. The van der Waals surface area contributed by atoms with Crippen LogP contribution < -0.4 is 10.6 Å². The molecule has 2 heterocycles. The van der Waals surface area contributed by atoms with E-state index in [2.05, 4.69) is 46.1 Å². The predicted octanol–water partition coefficient (Wildman–Crippen LogP) is 4.57. The van der Waals surface area contributed by atoms with Gasteiger partial charge in [-0.05, 0) is 62.7 Å². The third-order valence-corrected chi connectivity index (χ3v) is 7.42. The van der Waals surface area contributed by atoms with Gasteiger partial charge in [0.15, 0.2) is 0 Å². The third-order valence-electron chi connectivity index (χ3n) is 6.39. The van der Waals surface area contributed by atoms with Crippen LogP contribution in [0.25, 0.3) is 0 Å². The van der Waals surface area contributed by atoms with Crippen molar-refractivity contribution in [1.29, 1.82) is 0 Å². The van der Waals surface area contributed by atoms with Crippen LogP contribution in [0, 0.1) is 11.8 Å². The topological polar surface area (TPSA) is 67.2 Å². The van der Waals surface area contributed by atoms with Crippen molar-refractivity contribution in [2.75, 3.05) is 13.1 Å². The Hall–Kier alpha value is -1.79. The van der Waals surface area contributed by atoms with E-state index in [1.54, 1.807) is 11.8 Å². The summed E-state index contributed by atoms with van der Waals surface area (Å²) in [6.45, 7) is 1.94. The third kappa shape index (κ3) is 6.35. The summed E-state index contributed by atoms with van der Waals surface area (Å²) < 4.78 is 5.57. The summed E-state index contributed by atoms with van der Waals surface area (Å²) in [5.41, 5.74) is 1.00. The molecule has 4 rings (SSSR count). The fourth-order valence-corrected chi connectivity index (χ4v) is 5.51. The number of rotatable bonds is 8. The van der Waals surface area contributed by atoms with Crippen molar-refractivity contribution >= 4 is 17.7 Å². The summed E-state index contributed by atoms with van der Waals surface area (Å²) in [5.74, 6) is 2.77. The molecule has 5 nitrogen and oxygen atoms in total. The van der Waals surface area contributed by atoms with Crippen LogP contribution in [-0.4, -0.2) is 30.2 Å². The molecule has 6 heteroatoms. The molecule has 1 saturated heterocycles. The Balaban J connectivity index is 1.27. The number of carbonyl (C=O) groups excluding carboxylic acids is 1. The molecule has 30 heavy (non-hydrogen) atoms. The smallest absolute Gasteiger partial charge is 0.220 e. The molecule has 0 unspecified atom stereocenters. The molecule has 162 valence electrons. The number of hydrogen-bond acceptors (Lipinski definition) is 5. The maximum atomic E-state index is 12.6. The standard InChI is InChI=1S/C24H33N3O2S/c28-24(26-20-7-3-1-4-8-20)14-18-11-12-25-16-19(18)13-21-15-22(29-27-21)17-30-23-9-5-2-6-10-23/h2,5-6,9-10,15,18-20,25H,1,3-4,7-8,11-14,16-17H2,(H,26,28)/t18-,19-/m0/s1. The average molecular weight is 428 g/mol. The number of nitrogens with zero attached hydrogens (tertiary/aromatic N) is 1. The molecule has 2 aromatic rings. The molecule has 0 radical (unpaired) electrons. The summed E-state index contributed by atoms with van der Waals surface area (Å²) in [5, 5.41) is 11.1. The van der Waals surface area contributed by atoms with Crippen LogP contribution in [0.1, 0.15) is 56.4 Å². The minimum atomic E-state index is 0.235. The maximum Gasteiger partial charge on any atom is 0.220 e. The average Bonchev–Trinajstić information content (AvgIpc) is 3.22. The van der Waals surface area contributed by atoms with Crippen molar-refractivity contribution in [2.45, 2.75) is 68.1 Å². The van der Waals surface area contributed by atoms with Gasteiger partial charge in [0, 0.05) is 23.4 Å². The second-order valence-corrected chi connectivity index (χ2v) is 9.76. The fourth-order valence-electron chi connectivity index (χ4n) is 4.72. The van der Waals surface area contributed by atoms with Gasteiger partial charge < -0.3 is 15.2 Å². The number of thioether (sulfide) groups is 1. The van der Waals surface area contributed by atoms with Gasteiger partial charge in [-0.25, -0.2) is 0 Å². The minimum Gasteiger partial charge on any atom is -0.360 e. The zero-order chi connectivity index (χ0) is 20.6. The minimum absolute atomic E-state index is 0.235. The molecule has 2 aliphatic rings. The molecule has 1 aromatic carbocycles. The lowest BCUT2D eigenvalue weighted by molar-refractivity contribution is -0.123. The Labute approximate surface area is 183 Å². The Morgan fingerprint density at radius 3 is 2.80 bits per heavy atom. The van der Waals surface area contributed by atoms with Crippen molar-refractivity contribution < 1.29 is 9.32 Å². The van der Waals surface area contributed by atoms with Gasteiger partial charge in [0.25, 0.3) is 0 Å². The number of hydrogen-bond donors (Lipinski definition) is 2. The van der Waals surface area contributed by atoms with Crippen LogP contribution >= 0.6 is 11.8 Å². The van der Waals surface area contributed by atoms with Gasteiger partial charge in [0.05, 0.1) is 11.4 Å². The Morgan fingerprint density at radius 2 is 1.97 bits per heavy atom. The van der Waals surface area contributed by atoms with E-state index in [1.165, 1.54) is 24.2 Å². The molecule has 2 N–H and O–H groups in total. The van der Waals surface area contributed by atoms with Crippen LogP contribution in [0.15, 0.2) is 45.8 Å². The quantitative estimate of drug-likeness (QED) is 0.604. The van der Waals surface area contributed by atoms with E-state index >= 15 is 0 Å². The molecule has 1 amide bonds. The zero-order valence-electron chi connectivity index (χ0n) is 17.6. The van der Waals surface area contributed by atoms with Crippen molar-refractivity contribution in [2.24, 2.45) is 11.8 Å². The Bertz CT molecular complexity index is 789. The Morgan fingerprint density at radius 1 is 1.13 bits per heavy atom. The normalized spacial score (nSPS) is 22.7. The molecule has 2 atom stereocenters. The number of nitrogens with one attached hydrogen (secondary N) is 2. The highest BCUT2D eigenvalue weighted by atomic mass is 32.2. The molecule has 0 bridgehead atoms. The second kappa shape index (κ2) is 11.0. The van der Waals surface area contributed by atoms with Crippen LogP contribution in [0.5, 0.6) is 0 Å². The highest BCUT2D eigenvalue weighted by Gasteiger charge is 2.29. The predicted molar refractivity (Wildman–Crippen MR) is 120 cm³/mol. The molecular weight excluding hydrogens is 394 g/mol. The molecule has 1 aromatic heterocycles. The zero-order valence-corrected chi connectivity index (χ0v) is 18.5. The Kier molecular flexibility index (Phi) is 7.87. The van der Waals surface area contributed by atoms with Crippen LogP contribution in [0.4, 0.5) is 0 Å². The first-order chi connectivity index (χ1) is 14.8. The van der Waals surface area contributed by atoms with Crippen molar-refractivity contribution in [3.8, 4) is 0 Å². The number of carbonyl (C=O) groups is 1. The summed E-state index contributed by atoms with van der Waals surface area (Å²) in [4.78, 5) is 13.9. The molecule has 2 fully saturated rings. The first-order valence-electron chi connectivity index (χ1n) is 11.4. The van der Waals surface area contributed by atoms with Crippen LogP contribution in [0.2, 0.25) is 0 Å². The van der Waals surface area contributed by atoms with Gasteiger partial charge >= 0.3 is 0 Å². The first-order valence-corrected chi connectivity index (χ1v) is 12.4. The van der Waals surface area contributed by atoms with Gasteiger partial charge in [-0.3, -0.25) is 4.79 Å². The maximum absolute atomic E-state index is 12.6. The first kappa shape index (κ1) is 21.4. The molecular formula is C24H33N3O2S. The molecule has 0 spiro atoms. The number of amides is 1. The lowest BCUT2D eigenvalue weighted by Crippen LogP contribution is -2.42. The van der Waals surface area contributed by atoms with Gasteiger partial charge in [0.2, 0.25) is 5.91 Å². The van der Waals surface area contributed by atoms with Gasteiger partial charge in [-0.2, -0.15) is 0 Å².